The summed E-state index contributed by atoms with van der Waals surface area (Å²) < 4.78 is 25.3. The fraction of sp³-hybridized carbons (Fsp3) is 0.769. The maximum atomic E-state index is 11.2. The SMILES string of the molecule is COC1OC(COC(C)=O)C(O)C(OC(C)=O)C1OC(C)=O. The van der Waals surface area contributed by atoms with Gasteiger partial charge in [-0.25, -0.2) is 0 Å². The van der Waals surface area contributed by atoms with Crippen molar-refractivity contribution in [2.45, 2.75) is 51.5 Å². The van der Waals surface area contributed by atoms with Crippen LogP contribution in [-0.2, 0) is 38.1 Å². The third kappa shape index (κ3) is 4.93. The monoisotopic (exact) mass is 320 g/mol. The molecule has 0 aliphatic carbocycles. The van der Waals surface area contributed by atoms with Gasteiger partial charge in [0.1, 0.15) is 18.8 Å². The first-order valence-corrected chi connectivity index (χ1v) is 6.60. The molecule has 22 heavy (non-hydrogen) atoms. The predicted octanol–water partition coefficient (Wildman–Crippen LogP) is -0.855. The summed E-state index contributed by atoms with van der Waals surface area (Å²) in [5.41, 5.74) is 0. The molecule has 0 radical (unpaired) electrons. The van der Waals surface area contributed by atoms with Gasteiger partial charge in [0.2, 0.25) is 0 Å². The summed E-state index contributed by atoms with van der Waals surface area (Å²) in [4.78, 5) is 33.3. The van der Waals surface area contributed by atoms with Gasteiger partial charge < -0.3 is 28.8 Å². The molecule has 1 aliphatic heterocycles. The molecule has 0 saturated carbocycles. The van der Waals surface area contributed by atoms with E-state index in [-0.39, 0.29) is 6.61 Å². The molecule has 9 nitrogen and oxygen atoms in total. The smallest absolute Gasteiger partial charge is 0.303 e. The molecule has 5 atom stereocenters. The minimum Gasteiger partial charge on any atom is -0.463 e. The molecule has 1 fully saturated rings. The normalized spacial score (nSPS) is 31.2. The molecule has 1 aliphatic rings. The lowest BCUT2D eigenvalue weighted by molar-refractivity contribution is -0.300. The van der Waals surface area contributed by atoms with Gasteiger partial charge in [-0.05, 0) is 0 Å². The van der Waals surface area contributed by atoms with Gasteiger partial charge in [-0.3, -0.25) is 14.4 Å². The number of methoxy groups -OCH3 is 1. The maximum Gasteiger partial charge on any atom is 0.303 e. The number of rotatable bonds is 5. The summed E-state index contributed by atoms with van der Waals surface area (Å²) in [5, 5.41) is 10.2. The fourth-order valence-electron chi connectivity index (χ4n) is 2.06. The van der Waals surface area contributed by atoms with Gasteiger partial charge in [0.05, 0.1) is 0 Å². The van der Waals surface area contributed by atoms with E-state index in [4.69, 9.17) is 23.7 Å². The topological polar surface area (TPSA) is 118 Å². The zero-order chi connectivity index (χ0) is 16.9. The van der Waals surface area contributed by atoms with Gasteiger partial charge in [-0.15, -0.1) is 0 Å². The average molecular weight is 320 g/mol. The van der Waals surface area contributed by atoms with E-state index in [0.717, 1.165) is 13.8 Å². The summed E-state index contributed by atoms with van der Waals surface area (Å²) in [6.07, 6.45) is -5.79. The van der Waals surface area contributed by atoms with Crippen LogP contribution in [-0.4, -0.2) is 67.4 Å². The van der Waals surface area contributed by atoms with E-state index in [2.05, 4.69) is 0 Å². The quantitative estimate of drug-likeness (QED) is 0.510. The number of aliphatic hydroxyl groups is 1. The molecule has 0 aromatic carbocycles. The highest BCUT2D eigenvalue weighted by molar-refractivity contribution is 5.67. The highest BCUT2D eigenvalue weighted by atomic mass is 16.7. The lowest BCUT2D eigenvalue weighted by atomic mass is 9.98. The summed E-state index contributed by atoms with van der Waals surface area (Å²) in [6.45, 7) is 3.25. The molecule has 0 aromatic rings. The molecule has 0 amide bonds. The van der Waals surface area contributed by atoms with E-state index in [1.807, 2.05) is 0 Å². The van der Waals surface area contributed by atoms with Crippen LogP contribution in [0.4, 0.5) is 0 Å². The highest BCUT2D eigenvalue weighted by Gasteiger charge is 2.49. The molecule has 0 aromatic heterocycles. The maximum absolute atomic E-state index is 11.2. The first-order valence-electron chi connectivity index (χ1n) is 6.60. The second-order valence-electron chi connectivity index (χ2n) is 4.72. The van der Waals surface area contributed by atoms with Crippen LogP contribution < -0.4 is 0 Å². The van der Waals surface area contributed by atoms with Crippen LogP contribution >= 0.6 is 0 Å². The number of hydrogen-bond acceptors (Lipinski definition) is 9. The van der Waals surface area contributed by atoms with Gasteiger partial charge in [-0.1, -0.05) is 0 Å². The first-order chi connectivity index (χ1) is 10.3. The van der Waals surface area contributed by atoms with Crippen molar-refractivity contribution in [3.8, 4) is 0 Å². The Morgan fingerprint density at radius 2 is 1.55 bits per heavy atom. The third-order valence-electron chi connectivity index (χ3n) is 2.91. The fourth-order valence-corrected chi connectivity index (χ4v) is 2.06. The van der Waals surface area contributed by atoms with E-state index in [9.17, 15) is 19.5 Å². The van der Waals surface area contributed by atoms with Gasteiger partial charge in [-0.2, -0.15) is 0 Å². The Morgan fingerprint density at radius 1 is 1.00 bits per heavy atom. The molecule has 1 heterocycles. The number of esters is 3. The van der Waals surface area contributed by atoms with E-state index in [0.29, 0.717) is 0 Å². The molecule has 0 spiro atoms. The molecule has 5 unspecified atom stereocenters. The summed E-state index contributed by atoms with van der Waals surface area (Å²) in [6, 6.07) is 0. The zero-order valence-corrected chi connectivity index (χ0v) is 12.8. The molecule has 126 valence electrons. The Balaban J connectivity index is 2.95. The average Bonchev–Trinajstić information content (AvgIpc) is 2.41. The molecule has 1 N–H and O–H groups in total. The minimum atomic E-state index is -1.36. The predicted molar refractivity (Wildman–Crippen MR) is 69.4 cm³/mol. The Morgan fingerprint density at radius 3 is 2.00 bits per heavy atom. The van der Waals surface area contributed by atoms with Crippen LogP contribution in [0.15, 0.2) is 0 Å². The number of carbonyl (C=O) groups is 3. The van der Waals surface area contributed by atoms with Gasteiger partial charge >= 0.3 is 17.9 Å². The molecule has 9 heteroatoms. The lowest BCUT2D eigenvalue weighted by Gasteiger charge is -2.42. The van der Waals surface area contributed by atoms with E-state index in [1.165, 1.54) is 14.0 Å². The van der Waals surface area contributed by atoms with Gasteiger partial charge in [0.15, 0.2) is 18.5 Å². The summed E-state index contributed by atoms with van der Waals surface area (Å²) in [7, 11) is 1.30. The molecule has 1 rings (SSSR count). The second-order valence-corrected chi connectivity index (χ2v) is 4.72. The minimum absolute atomic E-state index is 0.263. The number of carbonyl (C=O) groups excluding carboxylic acids is 3. The van der Waals surface area contributed by atoms with Crippen molar-refractivity contribution in [3.05, 3.63) is 0 Å². The lowest BCUT2D eigenvalue weighted by Crippen LogP contribution is -2.61. The van der Waals surface area contributed by atoms with Crippen molar-refractivity contribution >= 4 is 17.9 Å². The van der Waals surface area contributed by atoms with Crippen LogP contribution in [0, 0.1) is 0 Å². The van der Waals surface area contributed by atoms with E-state index < -0.39 is 48.6 Å². The van der Waals surface area contributed by atoms with Crippen LogP contribution in [0.2, 0.25) is 0 Å². The van der Waals surface area contributed by atoms with E-state index >= 15 is 0 Å². The standard InChI is InChI=1S/C13H20O9/c1-6(14)19-5-9-10(17)11(20-7(2)15)12(21-8(3)16)13(18-4)22-9/h9-13,17H,5H2,1-4H3. The Kier molecular flexibility index (Phi) is 6.72. The van der Waals surface area contributed by atoms with Gasteiger partial charge in [0.25, 0.3) is 0 Å². The molecule has 1 saturated heterocycles. The van der Waals surface area contributed by atoms with Crippen LogP contribution in [0.5, 0.6) is 0 Å². The zero-order valence-electron chi connectivity index (χ0n) is 12.8. The first kappa shape index (κ1) is 18.3. The third-order valence-corrected chi connectivity index (χ3v) is 2.91. The van der Waals surface area contributed by atoms with Gasteiger partial charge in [0, 0.05) is 27.9 Å². The Bertz CT molecular complexity index is 422. The Labute approximate surface area is 127 Å². The highest BCUT2D eigenvalue weighted by Crippen LogP contribution is 2.27. The van der Waals surface area contributed by atoms with Crippen LogP contribution in [0.3, 0.4) is 0 Å². The molecular weight excluding hydrogens is 300 g/mol. The number of aliphatic hydroxyl groups excluding tert-OH is 1. The molecule has 0 bridgehead atoms. The van der Waals surface area contributed by atoms with Crippen molar-refractivity contribution in [2.75, 3.05) is 13.7 Å². The van der Waals surface area contributed by atoms with E-state index in [1.54, 1.807) is 0 Å². The van der Waals surface area contributed by atoms with Crippen molar-refractivity contribution in [1.29, 1.82) is 0 Å². The Hall–Kier alpha value is -1.71. The summed E-state index contributed by atoms with van der Waals surface area (Å²) in [5.74, 6) is -1.89. The molecular formula is C13H20O9. The summed E-state index contributed by atoms with van der Waals surface area (Å²) >= 11 is 0. The van der Waals surface area contributed by atoms with Crippen molar-refractivity contribution in [2.24, 2.45) is 0 Å². The van der Waals surface area contributed by atoms with Crippen molar-refractivity contribution in [1.82, 2.24) is 0 Å². The van der Waals surface area contributed by atoms with Crippen molar-refractivity contribution < 1.29 is 43.2 Å². The number of hydrogen-bond donors (Lipinski definition) is 1. The van der Waals surface area contributed by atoms with Crippen LogP contribution in [0.1, 0.15) is 20.8 Å². The second kappa shape index (κ2) is 8.06. The van der Waals surface area contributed by atoms with Crippen molar-refractivity contribution in [3.63, 3.8) is 0 Å². The van der Waals surface area contributed by atoms with Crippen LogP contribution in [0.25, 0.3) is 0 Å². The number of ether oxygens (including phenoxy) is 5. The largest absolute Gasteiger partial charge is 0.463 e.